The Labute approximate surface area is 148 Å². The molecule has 0 radical (unpaired) electrons. The fourth-order valence-electron chi connectivity index (χ4n) is 3.20. The Hall–Kier alpha value is -2.59. The molecule has 0 aliphatic rings. The number of aliphatic hydroxyl groups excluding tert-OH is 1. The van der Waals surface area contributed by atoms with Gasteiger partial charge in [-0.3, -0.25) is 4.79 Å². The summed E-state index contributed by atoms with van der Waals surface area (Å²) in [6.07, 6.45) is 2.81. The molecule has 2 aromatic carbocycles. The monoisotopic (exact) mass is 336 g/mol. The predicted octanol–water partition coefficient (Wildman–Crippen LogP) is 3.01. The number of hydrogen-bond acceptors (Lipinski definition) is 2. The maximum absolute atomic E-state index is 12.8. The Bertz CT molecular complexity index is 839. The molecule has 0 saturated carbocycles. The molecule has 3 rings (SSSR count). The lowest BCUT2D eigenvalue weighted by atomic mass is 10.1. The van der Waals surface area contributed by atoms with E-state index in [1.54, 1.807) is 4.90 Å². The first-order chi connectivity index (χ1) is 12.2. The molecule has 1 aromatic heterocycles. The lowest BCUT2D eigenvalue weighted by Crippen LogP contribution is -2.37. The molecule has 0 spiro atoms. The number of carbonyl (C=O) groups is 1. The number of fused-ring (bicyclic) bond motifs is 1. The van der Waals surface area contributed by atoms with E-state index in [0.29, 0.717) is 19.6 Å². The Balaban J connectivity index is 1.71. The summed E-state index contributed by atoms with van der Waals surface area (Å²) >= 11 is 0. The summed E-state index contributed by atoms with van der Waals surface area (Å²) in [6, 6.07) is 18.2. The van der Waals surface area contributed by atoms with E-state index in [0.717, 1.165) is 11.9 Å². The lowest BCUT2D eigenvalue weighted by Gasteiger charge is -2.22. The number of carbonyl (C=O) groups excluding carboxylic acids is 1. The van der Waals surface area contributed by atoms with Crippen molar-refractivity contribution in [2.24, 2.45) is 0 Å². The zero-order valence-corrected chi connectivity index (χ0v) is 14.6. The van der Waals surface area contributed by atoms with Crippen LogP contribution >= 0.6 is 0 Å². The van der Waals surface area contributed by atoms with Crippen LogP contribution in [0.2, 0.25) is 0 Å². The summed E-state index contributed by atoms with van der Waals surface area (Å²) in [5, 5.41) is 10.5. The van der Waals surface area contributed by atoms with Crippen LogP contribution in [0.1, 0.15) is 11.1 Å². The quantitative estimate of drug-likeness (QED) is 0.721. The number of amides is 1. The zero-order valence-electron chi connectivity index (χ0n) is 14.6. The van der Waals surface area contributed by atoms with Crippen molar-refractivity contribution in [1.29, 1.82) is 0 Å². The van der Waals surface area contributed by atoms with Crippen LogP contribution in [0.25, 0.3) is 10.9 Å². The Kier molecular flexibility index (Phi) is 5.51. The average Bonchev–Trinajstić information content (AvgIpc) is 2.95. The molecule has 1 N–H and O–H groups in total. The molecule has 0 fully saturated rings. The molecule has 1 heterocycles. The van der Waals surface area contributed by atoms with Gasteiger partial charge < -0.3 is 14.6 Å². The SMILES string of the molecule is Cc1cn(CC(=O)N(CCO)CCc2ccccc2)c2ccccc12. The largest absolute Gasteiger partial charge is 0.395 e. The number of para-hydroxylation sites is 1. The fraction of sp³-hybridized carbons (Fsp3) is 0.286. The minimum atomic E-state index is -0.0218. The second kappa shape index (κ2) is 7.99. The molecule has 0 bridgehead atoms. The molecule has 0 atom stereocenters. The van der Waals surface area contributed by atoms with Gasteiger partial charge >= 0.3 is 0 Å². The van der Waals surface area contributed by atoms with Crippen molar-refractivity contribution in [3.05, 3.63) is 71.9 Å². The van der Waals surface area contributed by atoms with Crippen molar-refractivity contribution in [3.8, 4) is 0 Å². The van der Waals surface area contributed by atoms with Gasteiger partial charge in [0.25, 0.3) is 0 Å². The van der Waals surface area contributed by atoms with Gasteiger partial charge in [0.05, 0.1) is 6.61 Å². The van der Waals surface area contributed by atoms with E-state index in [2.05, 4.69) is 25.1 Å². The first-order valence-corrected chi connectivity index (χ1v) is 8.66. The average molecular weight is 336 g/mol. The van der Waals surface area contributed by atoms with Crippen molar-refractivity contribution < 1.29 is 9.90 Å². The summed E-state index contributed by atoms with van der Waals surface area (Å²) in [6.45, 7) is 3.31. The number of benzene rings is 2. The zero-order chi connectivity index (χ0) is 17.6. The molecule has 130 valence electrons. The number of aliphatic hydroxyl groups is 1. The molecular formula is C21H24N2O2. The molecule has 25 heavy (non-hydrogen) atoms. The van der Waals surface area contributed by atoms with E-state index in [9.17, 15) is 9.90 Å². The van der Waals surface area contributed by atoms with Crippen LogP contribution in [-0.4, -0.2) is 40.2 Å². The van der Waals surface area contributed by atoms with Gasteiger partial charge in [-0.15, -0.1) is 0 Å². The molecule has 4 heteroatoms. The van der Waals surface area contributed by atoms with Gasteiger partial charge in [0.15, 0.2) is 0 Å². The van der Waals surface area contributed by atoms with Crippen LogP contribution in [0.15, 0.2) is 60.8 Å². The number of aromatic nitrogens is 1. The summed E-state index contributed by atoms with van der Waals surface area (Å²) in [5.74, 6) is 0.0331. The van der Waals surface area contributed by atoms with Gasteiger partial charge in [-0.05, 0) is 30.5 Å². The standard InChI is InChI=1S/C21H24N2O2/c1-17-15-23(20-10-6-5-9-19(17)20)16-21(25)22(13-14-24)12-11-18-7-3-2-4-8-18/h2-10,15,24H,11-14,16H2,1H3. The maximum Gasteiger partial charge on any atom is 0.242 e. The maximum atomic E-state index is 12.8. The van der Waals surface area contributed by atoms with E-state index in [1.807, 2.05) is 47.2 Å². The fourth-order valence-corrected chi connectivity index (χ4v) is 3.20. The Morgan fingerprint density at radius 1 is 1.04 bits per heavy atom. The summed E-state index contributed by atoms with van der Waals surface area (Å²) in [7, 11) is 0. The molecule has 0 aliphatic heterocycles. The molecule has 0 unspecified atom stereocenters. The second-order valence-electron chi connectivity index (χ2n) is 6.30. The van der Waals surface area contributed by atoms with Crippen molar-refractivity contribution in [2.45, 2.75) is 19.9 Å². The summed E-state index contributed by atoms with van der Waals surface area (Å²) in [4.78, 5) is 14.5. The van der Waals surface area contributed by atoms with Gasteiger partial charge in [-0.25, -0.2) is 0 Å². The van der Waals surface area contributed by atoms with Gasteiger partial charge in [0, 0.05) is 30.2 Å². The third-order valence-electron chi connectivity index (χ3n) is 4.53. The van der Waals surface area contributed by atoms with Gasteiger partial charge in [0.2, 0.25) is 5.91 Å². The Morgan fingerprint density at radius 2 is 1.76 bits per heavy atom. The van der Waals surface area contributed by atoms with Crippen LogP contribution in [0.5, 0.6) is 0 Å². The third-order valence-corrected chi connectivity index (χ3v) is 4.53. The minimum Gasteiger partial charge on any atom is -0.395 e. The van der Waals surface area contributed by atoms with E-state index >= 15 is 0 Å². The van der Waals surface area contributed by atoms with E-state index < -0.39 is 0 Å². The number of nitrogens with zero attached hydrogens (tertiary/aromatic N) is 2. The molecule has 1 amide bonds. The minimum absolute atomic E-state index is 0.0218. The molecule has 0 aliphatic carbocycles. The number of hydrogen-bond donors (Lipinski definition) is 1. The molecular weight excluding hydrogens is 312 g/mol. The summed E-state index contributed by atoms with van der Waals surface area (Å²) in [5.41, 5.74) is 3.43. The van der Waals surface area contributed by atoms with Crippen molar-refractivity contribution in [3.63, 3.8) is 0 Å². The summed E-state index contributed by atoms with van der Waals surface area (Å²) < 4.78 is 2.00. The molecule has 0 saturated heterocycles. The smallest absolute Gasteiger partial charge is 0.242 e. The van der Waals surface area contributed by atoms with Gasteiger partial charge in [-0.2, -0.15) is 0 Å². The first-order valence-electron chi connectivity index (χ1n) is 8.66. The molecule has 4 nitrogen and oxygen atoms in total. The van der Waals surface area contributed by atoms with Gasteiger partial charge in [0.1, 0.15) is 6.54 Å². The first kappa shape index (κ1) is 17.2. The Morgan fingerprint density at radius 3 is 2.52 bits per heavy atom. The van der Waals surface area contributed by atoms with Crippen LogP contribution in [-0.2, 0) is 17.8 Å². The third kappa shape index (κ3) is 4.09. The normalized spacial score (nSPS) is 11.0. The van der Waals surface area contributed by atoms with Crippen LogP contribution in [0, 0.1) is 6.92 Å². The lowest BCUT2D eigenvalue weighted by molar-refractivity contribution is -0.132. The number of rotatable bonds is 7. The van der Waals surface area contributed by atoms with Crippen LogP contribution in [0.3, 0.4) is 0 Å². The van der Waals surface area contributed by atoms with Crippen molar-refractivity contribution in [1.82, 2.24) is 9.47 Å². The van der Waals surface area contributed by atoms with E-state index in [1.165, 1.54) is 16.5 Å². The highest BCUT2D eigenvalue weighted by Crippen LogP contribution is 2.20. The van der Waals surface area contributed by atoms with Crippen LogP contribution < -0.4 is 0 Å². The van der Waals surface area contributed by atoms with Crippen LogP contribution in [0.4, 0.5) is 0 Å². The topological polar surface area (TPSA) is 45.5 Å². The molecule has 3 aromatic rings. The predicted molar refractivity (Wildman–Crippen MR) is 100 cm³/mol. The van der Waals surface area contributed by atoms with E-state index in [4.69, 9.17) is 0 Å². The van der Waals surface area contributed by atoms with E-state index in [-0.39, 0.29) is 12.5 Å². The highest BCUT2D eigenvalue weighted by molar-refractivity contribution is 5.86. The number of aryl methyl sites for hydroxylation is 1. The van der Waals surface area contributed by atoms with Crippen molar-refractivity contribution in [2.75, 3.05) is 19.7 Å². The second-order valence-corrected chi connectivity index (χ2v) is 6.30. The van der Waals surface area contributed by atoms with Crippen molar-refractivity contribution >= 4 is 16.8 Å². The highest BCUT2D eigenvalue weighted by atomic mass is 16.3. The van der Waals surface area contributed by atoms with Gasteiger partial charge in [-0.1, -0.05) is 48.5 Å². The highest BCUT2D eigenvalue weighted by Gasteiger charge is 2.15.